The molecule has 1 aromatic carbocycles. The van der Waals surface area contributed by atoms with Gasteiger partial charge in [0.1, 0.15) is 11.5 Å². The average Bonchev–Trinajstić information content (AvgIpc) is 3.04. The molecule has 0 saturated carbocycles. The van der Waals surface area contributed by atoms with Gasteiger partial charge in [-0.3, -0.25) is 0 Å². The molecule has 118 valence electrons. The Labute approximate surface area is 134 Å². The van der Waals surface area contributed by atoms with Crippen molar-refractivity contribution >= 4 is 0 Å². The van der Waals surface area contributed by atoms with Gasteiger partial charge in [0.05, 0.1) is 0 Å². The number of nitrogens with zero attached hydrogens (tertiary/aromatic N) is 3. The molecule has 0 N–H and O–H groups in total. The van der Waals surface area contributed by atoms with Gasteiger partial charge in [0.25, 0.3) is 5.89 Å². The molecule has 6 heteroatoms. The molecule has 0 aliphatic heterocycles. The predicted molar refractivity (Wildman–Crippen MR) is 83.5 cm³/mol. The maximum Gasteiger partial charge on any atom is 0.264 e. The van der Waals surface area contributed by atoms with Crippen molar-refractivity contribution in [3.8, 4) is 17.4 Å². The highest BCUT2D eigenvalue weighted by molar-refractivity contribution is 5.33. The lowest BCUT2D eigenvalue weighted by atomic mass is 10.2. The summed E-state index contributed by atoms with van der Waals surface area (Å²) in [6.45, 7) is 4.26. The van der Waals surface area contributed by atoms with E-state index in [0.29, 0.717) is 29.1 Å². The largest absolute Gasteiger partial charge is 0.484 e. The van der Waals surface area contributed by atoms with Crippen LogP contribution >= 0.6 is 0 Å². The molecule has 0 spiro atoms. The number of ether oxygens (including phenoxy) is 2. The van der Waals surface area contributed by atoms with E-state index in [2.05, 4.69) is 15.1 Å². The molecule has 0 radical (unpaired) electrons. The van der Waals surface area contributed by atoms with Gasteiger partial charge in [-0.05, 0) is 30.3 Å². The minimum Gasteiger partial charge on any atom is -0.484 e. The second-order valence-corrected chi connectivity index (χ2v) is 5.23. The Balaban J connectivity index is 1.56. The number of aromatic nitrogens is 3. The Kier molecular flexibility index (Phi) is 4.52. The molecule has 3 aromatic rings. The highest BCUT2D eigenvalue weighted by Crippen LogP contribution is 2.22. The summed E-state index contributed by atoms with van der Waals surface area (Å²) in [6, 6.07) is 12.8. The number of pyridine rings is 1. The minimum absolute atomic E-state index is 0.232. The van der Waals surface area contributed by atoms with Gasteiger partial charge in [0.2, 0.25) is 5.88 Å². The van der Waals surface area contributed by atoms with Crippen molar-refractivity contribution in [3.05, 3.63) is 60.4 Å². The lowest BCUT2D eigenvalue weighted by molar-refractivity contribution is 0.242. The molecule has 0 saturated heterocycles. The van der Waals surface area contributed by atoms with E-state index >= 15 is 0 Å². The van der Waals surface area contributed by atoms with Gasteiger partial charge in [0, 0.05) is 18.2 Å². The smallest absolute Gasteiger partial charge is 0.264 e. The molecule has 0 aliphatic carbocycles. The molecule has 0 fully saturated rings. The molecule has 6 nitrogen and oxygen atoms in total. The second kappa shape index (κ2) is 6.91. The summed E-state index contributed by atoms with van der Waals surface area (Å²) in [5, 5.41) is 3.90. The van der Waals surface area contributed by atoms with E-state index in [-0.39, 0.29) is 12.5 Å². The van der Waals surface area contributed by atoms with Crippen molar-refractivity contribution in [1.82, 2.24) is 15.1 Å². The van der Waals surface area contributed by atoms with Crippen LogP contribution in [0, 0.1) is 0 Å². The first kappa shape index (κ1) is 15.0. The van der Waals surface area contributed by atoms with E-state index in [1.807, 2.05) is 50.2 Å². The highest BCUT2D eigenvalue weighted by Gasteiger charge is 2.10. The van der Waals surface area contributed by atoms with Crippen LogP contribution in [0.15, 0.2) is 53.2 Å². The molecule has 2 aromatic heterocycles. The van der Waals surface area contributed by atoms with Crippen LogP contribution in [0.3, 0.4) is 0 Å². The highest BCUT2D eigenvalue weighted by atomic mass is 16.5. The third-order valence-electron chi connectivity index (χ3n) is 3.05. The number of hydrogen-bond acceptors (Lipinski definition) is 6. The molecule has 0 aliphatic rings. The van der Waals surface area contributed by atoms with Gasteiger partial charge in [-0.2, -0.15) is 4.98 Å². The van der Waals surface area contributed by atoms with Gasteiger partial charge in [0.15, 0.2) is 12.4 Å². The van der Waals surface area contributed by atoms with E-state index in [0.717, 1.165) is 0 Å². The molecule has 2 heterocycles. The Bertz CT molecular complexity index is 739. The second-order valence-electron chi connectivity index (χ2n) is 5.23. The van der Waals surface area contributed by atoms with Crippen molar-refractivity contribution in [2.24, 2.45) is 0 Å². The quantitative estimate of drug-likeness (QED) is 0.686. The maximum absolute atomic E-state index is 5.62. The van der Waals surface area contributed by atoms with Gasteiger partial charge >= 0.3 is 0 Å². The predicted octanol–water partition coefficient (Wildman–Crippen LogP) is 3.96. The molecule has 3 rings (SSSR count). The molecule has 23 heavy (non-hydrogen) atoms. The summed E-state index contributed by atoms with van der Waals surface area (Å²) in [6.07, 6.45) is 1.68. The van der Waals surface area contributed by atoms with Crippen LogP contribution in [-0.2, 0) is 6.61 Å². The van der Waals surface area contributed by atoms with Crippen molar-refractivity contribution in [2.45, 2.75) is 26.4 Å². The molecule has 0 unspecified atom stereocenters. The van der Waals surface area contributed by atoms with Crippen LogP contribution in [0.5, 0.6) is 17.4 Å². The van der Waals surface area contributed by atoms with Crippen molar-refractivity contribution in [3.63, 3.8) is 0 Å². The van der Waals surface area contributed by atoms with Crippen LogP contribution in [-0.4, -0.2) is 15.1 Å². The Morgan fingerprint density at radius 3 is 2.48 bits per heavy atom. The summed E-state index contributed by atoms with van der Waals surface area (Å²) in [4.78, 5) is 8.37. The fourth-order valence-corrected chi connectivity index (χ4v) is 1.84. The van der Waals surface area contributed by atoms with E-state index < -0.39 is 0 Å². The summed E-state index contributed by atoms with van der Waals surface area (Å²) in [5.74, 6) is 3.31. The van der Waals surface area contributed by atoms with Crippen LogP contribution in [0.1, 0.15) is 31.5 Å². The summed E-state index contributed by atoms with van der Waals surface area (Å²) < 4.78 is 16.4. The standard InChI is InChI=1S/C17H17N3O3/c1-12(2)17-19-16(23-20-17)11-21-13-6-8-14(9-7-13)22-15-5-3-4-10-18-15/h3-10,12H,11H2,1-2H3. The Morgan fingerprint density at radius 1 is 1.04 bits per heavy atom. The lowest BCUT2D eigenvalue weighted by Gasteiger charge is -2.06. The summed E-state index contributed by atoms with van der Waals surface area (Å²) in [5.41, 5.74) is 0. The first-order valence-electron chi connectivity index (χ1n) is 7.35. The first-order chi connectivity index (χ1) is 11.2. The molecule has 0 amide bonds. The third-order valence-corrected chi connectivity index (χ3v) is 3.05. The van der Waals surface area contributed by atoms with Gasteiger partial charge in [-0.1, -0.05) is 25.1 Å². The fraction of sp³-hybridized carbons (Fsp3) is 0.235. The fourth-order valence-electron chi connectivity index (χ4n) is 1.84. The monoisotopic (exact) mass is 311 g/mol. The number of rotatable bonds is 6. The van der Waals surface area contributed by atoms with Crippen LogP contribution in [0.25, 0.3) is 0 Å². The normalized spacial score (nSPS) is 10.7. The number of benzene rings is 1. The van der Waals surface area contributed by atoms with E-state index in [1.54, 1.807) is 12.3 Å². The summed E-state index contributed by atoms with van der Waals surface area (Å²) >= 11 is 0. The SMILES string of the molecule is CC(C)c1noc(COc2ccc(Oc3ccccn3)cc2)n1. The Hall–Kier alpha value is -2.89. The van der Waals surface area contributed by atoms with Crippen LogP contribution in [0.4, 0.5) is 0 Å². The molecular weight excluding hydrogens is 294 g/mol. The zero-order valence-corrected chi connectivity index (χ0v) is 13.0. The van der Waals surface area contributed by atoms with Crippen LogP contribution in [0.2, 0.25) is 0 Å². The number of hydrogen-bond donors (Lipinski definition) is 0. The van der Waals surface area contributed by atoms with Gasteiger partial charge in [-0.25, -0.2) is 4.98 Å². The van der Waals surface area contributed by atoms with Crippen molar-refractivity contribution in [2.75, 3.05) is 0 Å². The van der Waals surface area contributed by atoms with Gasteiger partial charge < -0.3 is 14.0 Å². The molecular formula is C17H17N3O3. The maximum atomic E-state index is 5.62. The zero-order valence-electron chi connectivity index (χ0n) is 13.0. The third kappa shape index (κ3) is 4.06. The van der Waals surface area contributed by atoms with E-state index in [9.17, 15) is 0 Å². The van der Waals surface area contributed by atoms with Crippen LogP contribution < -0.4 is 9.47 Å². The lowest BCUT2D eigenvalue weighted by Crippen LogP contribution is -1.97. The van der Waals surface area contributed by atoms with Gasteiger partial charge in [-0.15, -0.1) is 0 Å². The summed E-state index contributed by atoms with van der Waals surface area (Å²) in [7, 11) is 0. The zero-order chi connectivity index (χ0) is 16.1. The minimum atomic E-state index is 0.232. The molecule has 0 bridgehead atoms. The van der Waals surface area contributed by atoms with Crippen molar-refractivity contribution in [1.29, 1.82) is 0 Å². The Morgan fingerprint density at radius 2 is 1.83 bits per heavy atom. The van der Waals surface area contributed by atoms with E-state index in [4.69, 9.17) is 14.0 Å². The topological polar surface area (TPSA) is 70.3 Å². The molecule has 0 atom stereocenters. The first-order valence-corrected chi connectivity index (χ1v) is 7.35. The average molecular weight is 311 g/mol. The van der Waals surface area contributed by atoms with Crippen molar-refractivity contribution < 1.29 is 14.0 Å². The van der Waals surface area contributed by atoms with E-state index in [1.165, 1.54) is 0 Å².